The molecule has 1 N–H and O–H groups in total. The van der Waals surface area contributed by atoms with Crippen LogP contribution in [0, 0.1) is 0 Å². The number of nitrogens with zero attached hydrogens (tertiary/aromatic N) is 2. The Morgan fingerprint density at radius 1 is 1.26 bits per heavy atom. The van der Waals surface area contributed by atoms with Gasteiger partial charge in [0.1, 0.15) is 16.4 Å². The van der Waals surface area contributed by atoms with Crippen LogP contribution in [0.1, 0.15) is 0 Å². The molecule has 0 saturated heterocycles. The van der Waals surface area contributed by atoms with Crippen LogP contribution >= 0.6 is 11.3 Å². The van der Waals surface area contributed by atoms with Gasteiger partial charge < -0.3 is 14.4 Å². The quantitative estimate of drug-likeness (QED) is 0.794. The maximum Gasteiger partial charge on any atom is 0.272 e. The van der Waals surface area contributed by atoms with Gasteiger partial charge >= 0.3 is 0 Å². The van der Waals surface area contributed by atoms with Gasteiger partial charge in [0.25, 0.3) is 5.89 Å². The second kappa shape index (κ2) is 4.74. The van der Waals surface area contributed by atoms with E-state index < -0.39 is 0 Å². The minimum absolute atomic E-state index is 0.139. The maximum atomic E-state index is 9.64. The Bertz CT molecular complexity index is 705. The molecular formula is C13H10N2O3S. The topological polar surface area (TPSA) is 68.4 Å². The van der Waals surface area contributed by atoms with Crippen LogP contribution in [-0.4, -0.2) is 22.4 Å². The van der Waals surface area contributed by atoms with Crippen molar-refractivity contribution in [2.24, 2.45) is 0 Å². The van der Waals surface area contributed by atoms with Crippen LogP contribution in [0.5, 0.6) is 11.5 Å². The summed E-state index contributed by atoms with van der Waals surface area (Å²) in [6.45, 7) is 0. The number of rotatable bonds is 3. The summed E-state index contributed by atoms with van der Waals surface area (Å²) in [4.78, 5) is 4.85. The second-order valence-corrected chi connectivity index (χ2v) is 4.67. The van der Waals surface area contributed by atoms with Crippen molar-refractivity contribution in [1.82, 2.24) is 10.1 Å². The molecule has 96 valence electrons. The van der Waals surface area contributed by atoms with Crippen molar-refractivity contribution in [1.29, 1.82) is 0 Å². The van der Waals surface area contributed by atoms with E-state index in [9.17, 15) is 5.11 Å². The van der Waals surface area contributed by atoms with Crippen LogP contribution in [0.15, 0.2) is 40.2 Å². The first-order valence-electron chi connectivity index (χ1n) is 5.53. The number of thiophene rings is 1. The van der Waals surface area contributed by atoms with Crippen molar-refractivity contribution in [2.45, 2.75) is 0 Å². The van der Waals surface area contributed by atoms with Crippen molar-refractivity contribution in [3.63, 3.8) is 0 Å². The van der Waals surface area contributed by atoms with E-state index in [0.717, 1.165) is 5.56 Å². The molecule has 0 spiro atoms. The largest absolute Gasteiger partial charge is 0.506 e. The van der Waals surface area contributed by atoms with Crippen molar-refractivity contribution in [2.75, 3.05) is 7.11 Å². The molecule has 19 heavy (non-hydrogen) atoms. The lowest BCUT2D eigenvalue weighted by Gasteiger charge is -2.02. The van der Waals surface area contributed by atoms with Crippen LogP contribution in [-0.2, 0) is 0 Å². The van der Waals surface area contributed by atoms with Crippen molar-refractivity contribution in [3.8, 4) is 33.7 Å². The maximum absolute atomic E-state index is 9.64. The summed E-state index contributed by atoms with van der Waals surface area (Å²) in [6, 6.07) is 9.01. The molecule has 0 aliphatic heterocycles. The average molecular weight is 274 g/mol. The van der Waals surface area contributed by atoms with Gasteiger partial charge in [0, 0.05) is 0 Å². The third kappa shape index (κ3) is 2.06. The molecule has 0 atom stereocenters. The van der Waals surface area contributed by atoms with Gasteiger partial charge in [-0.3, -0.25) is 0 Å². The number of aromatic hydroxyl groups is 1. The summed E-state index contributed by atoms with van der Waals surface area (Å²) in [5.41, 5.74) is 0.746. The molecule has 0 aliphatic carbocycles. The third-order valence-corrected chi connectivity index (χ3v) is 3.50. The van der Waals surface area contributed by atoms with E-state index in [4.69, 9.17) is 9.26 Å². The Labute approximate surface area is 113 Å². The van der Waals surface area contributed by atoms with Crippen LogP contribution < -0.4 is 4.74 Å². The van der Waals surface area contributed by atoms with Gasteiger partial charge in [0.2, 0.25) is 5.82 Å². The number of para-hydroxylation sites is 1. The molecule has 3 rings (SSSR count). The fourth-order valence-electron chi connectivity index (χ4n) is 1.72. The molecule has 5 nitrogen and oxygen atoms in total. The van der Waals surface area contributed by atoms with Gasteiger partial charge in [0.15, 0.2) is 0 Å². The van der Waals surface area contributed by atoms with E-state index in [-0.39, 0.29) is 5.75 Å². The zero-order valence-corrected chi connectivity index (χ0v) is 10.8. The normalized spacial score (nSPS) is 10.6. The zero-order chi connectivity index (χ0) is 13.2. The Hall–Kier alpha value is -2.34. The standard InChI is InChI=1S/C13H10N2O3S/c1-17-10-5-3-2-4-8(10)12-14-13(18-15-12)11-9(16)6-7-19-11/h2-7,16H,1H3. The summed E-state index contributed by atoms with van der Waals surface area (Å²) in [6.07, 6.45) is 0. The highest BCUT2D eigenvalue weighted by Crippen LogP contribution is 2.35. The summed E-state index contributed by atoms with van der Waals surface area (Å²) in [5.74, 6) is 1.54. The van der Waals surface area contributed by atoms with Gasteiger partial charge in [-0.05, 0) is 23.6 Å². The second-order valence-electron chi connectivity index (χ2n) is 3.76. The van der Waals surface area contributed by atoms with E-state index in [1.165, 1.54) is 11.3 Å². The SMILES string of the molecule is COc1ccccc1-c1noc(-c2sccc2O)n1. The molecule has 1 aromatic carbocycles. The van der Waals surface area contributed by atoms with E-state index in [2.05, 4.69) is 10.1 Å². The lowest BCUT2D eigenvalue weighted by molar-refractivity contribution is 0.413. The number of methoxy groups -OCH3 is 1. The summed E-state index contributed by atoms with van der Waals surface area (Å²) >= 11 is 1.34. The first-order chi connectivity index (χ1) is 9.29. The minimum Gasteiger partial charge on any atom is -0.506 e. The highest BCUT2D eigenvalue weighted by atomic mass is 32.1. The van der Waals surface area contributed by atoms with Gasteiger partial charge in [-0.2, -0.15) is 4.98 Å². The molecule has 2 aromatic heterocycles. The fraction of sp³-hybridized carbons (Fsp3) is 0.0769. The molecule has 0 unspecified atom stereocenters. The van der Waals surface area contributed by atoms with Gasteiger partial charge in [-0.25, -0.2) is 0 Å². The Morgan fingerprint density at radius 3 is 2.84 bits per heavy atom. The molecule has 0 amide bonds. The number of benzene rings is 1. The average Bonchev–Trinajstić information content (AvgIpc) is 3.07. The molecule has 0 fully saturated rings. The van der Waals surface area contributed by atoms with E-state index in [1.54, 1.807) is 18.6 Å². The fourth-order valence-corrected chi connectivity index (χ4v) is 2.42. The monoisotopic (exact) mass is 274 g/mol. The first-order valence-corrected chi connectivity index (χ1v) is 6.41. The molecule has 3 aromatic rings. The molecular weight excluding hydrogens is 264 g/mol. The molecule has 6 heteroatoms. The predicted molar refractivity (Wildman–Crippen MR) is 71.3 cm³/mol. The van der Waals surface area contributed by atoms with Crippen molar-refractivity contribution in [3.05, 3.63) is 35.7 Å². The van der Waals surface area contributed by atoms with E-state index in [0.29, 0.717) is 22.3 Å². The van der Waals surface area contributed by atoms with Crippen LogP contribution in [0.25, 0.3) is 22.2 Å². The van der Waals surface area contributed by atoms with Crippen LogP contribution in [0.2, 0.25) is 0 Å². The van der Waals surface area contributed by atoms with E-state index >= 15 is 0 Å². The van der Waals surface area contributed by atoms with Crippen molar-refractivity contribution < 1.29 is 14.4 Å². The Balaban J connectivity index is 2.04. The Morgan fingerprint density at radius 2 is 2.11 bits per heavy atom. The zero-order valence-electron chi connectivity index (χ0n) is 10.0. The highest BCUT2D eigenvalue weighted by molar-refractivity contribution is 7.13. The van der Waals surface area contributed by atoms with Gasteiger partial charge in [0.05, 0.1) is 12.7 Å². The van der Waals surface area contributed by atoms with Crippen LogP contribution in [0.4, 0.5) is 0 Å². The smallest absolute Gasteiger partial charge is 0.272 e. The van der Waals surface area contributed by atoms with Gasteiger partial charge in [-0.15, -0.1) is 11.3 Å². The minimum atomic E-state index is 0.139. The van der Waals surface area contributed by atoms with Gasteiger partial charge in [-0.1, -0.05) is 17.3 Å². The number of hydrogen-bond donors (Lipinski definition) is 1. The highest BCUT2D eigenvalue weighted by Gasteiger charge is 2.17. The summed E-state index contributed by atoms with van der Waals surface area (Å²) < 4.78 is 10.4. The summed E-state index contributed by atoms with van der Waals surface area (Å²) in [7, 11) is 1.59. The lowest BCUT2D eigenvalue weighted by atomic mass is 10.2. The first kappa shape index (κ1) is 11.7. The third-order valence-electron chi connectivity index (χ3n) is 2.61. The summed E-state index contributed by atoms with van der Waals surface area (Å²) in [5, 5.41) is 15.3. The van der Waals surface area contributed by atoms with Crippen molar-refractivity contribution >= 4 is 11.3 Å². The molecule has 0 radical (unpaired) electrons. The molecule has 2 heterocycles. The predicted octanol–water partition coefficient (Wildman–Crippen LogP) is 3.18. The Kier molecular flexibility index (Phi) is 2.92. The number of hydrogen-bond acceptors (Lipinski definition) is 6. The molecule has 0 bridgehead atoms. The lowest BCUT2D eigenvalue weighted by Crippen LogP contribution is -1.88. The van der Waals surface area contributed by atoms with E-state index in [1.807, 2.05) is 24.3 Å². The number of ether oxygens (including phenoxy) is 1. The number of aromatic nitrogens is 2. The van der Waals surface area contributed by atoms with Crippen LogP contribution in [0.3, 0.4) is 0 Å². The molecule has 0 aliphatic rings. The molecule has 0 saturated carbocycles.